The maximum absolute atomic E-state index is 11.8. The number of nitrogens with zero attached hydrogens (tertiary/aromatic N) is 3. The Morgan fingerprint density at radius 2 is 2.18 bits per heavy atom. The van der Waals surface area contributed by atoms with Gasteiger partial charge in [0, 0.05) is 13.5 Å². The first-order chi connectivity index (χ1) is 7.99. The Hall–Kier alpha value is -1.39. The molecule has 0 unspecified atom stereocenters. The standard InChI is InChI=1S/C12H19N3O2/c1-8(2)7-9-13-10(15(3)14-9)12(5-6-12)11(16)17-4/h8H,5-7H2,1-4H3. The fourth-order valence-corrected chi connectivity index (χ4v) is 2.15. The monoisotopic (exact) mass is 237 g/mol. The van der Waals surface area contributed by atoms with Gasteiger partial charge in [0.1, 0.15) is 11.2 Å². The van der Waals surface area contributed by atoms with Gasteiger partial charge in [0.2, 0.25) is 0 Å². The quantitative estimate of drug-likeness (QED) is 0.739. The lowest BCUT2D eigenvalue weighted by molar-refractivity contribution is -0.144. The number of esters is 1. The normalized spacial score (nSPS) is 17.2. The summed E-state index contributed by atoms with van der Waals surface area (Å²) in [5.41, 5.74) is -0.522. The number of methoxy groups -OCH3 is 1. The molecular formula is C12H19N3O2. The summed E-state index contributed by atoms with van der Waals surface area (Å²) in [5, 5.41) is 4.37. The largest absolute Gasteiger partial charge is 0.468 e. The van der Waals surface area contributed by atoms with Crippen molar-refractivity contribution in [1.82, 2.24) is 14.8 Å². The molecule has 1 saturated carbocycles. The molecule has 0 amide bonds. The Labute approximate surface area is 101 Å². The summed E-state index contributed by atoms with van der Waals surface area (Å²) in [6.07, 6.45) is 2.46. The highest BCUT2D eigenvalue weighted by Crippen LogP contribution is 2.48. The van der Waals surface area contributed by atoms with E-state index < -0.39 is 5.41 Å². The zero-order valence-corrected chi connectivity index (χ0v) is 10.9. The molecule has 0 atom stereocenters. The molecule has 94 valence electrons. The molecule has 1 aliphatic rings. The summed E-state index contributed by atoms with van der Waals surface area (Å²) in [6.45, 7) is 4.26. The fourth-order valence-electron chi connectivity index (χ4n) is 2.15. The summed E-state index contributed by atoms with van der Waals surface area (Å²) in [6, 6.07) is 0. The molecule has 0 N–H and O–H groups in total. The van der Waals surface area contributed by atoms with Gasteiger partial charge >= 0.3 is 5.97 Å². The Morgan fingerprint density at radius 3 is 2.65 bits per heavy atom. The molecule has 1 aromatic rings. The van der Waals surface area contributed by atoms with Crippen LogP contribution in [0.25, 0.3) is 0 Å². The number of hydrogen-bond acceptors (Lipinski definition) is 4. The third kappa shape index (κ3) is 2.06. The Balaban J connectivity index is 2.27. The Bertz CT molecular complexity index is 433. The van der Waals surface area contributed by atoms with Crippen LogP contribution < -0.4 is 0 Å². The van der Waals surface area contributed by atoms with E-state index in [1.807, 2.05) is 7.05 Å². The number of aromatic nitrogens is 3. The molecule has 1 aromatic heterocycles. The number of carbonyl (C=O) groups is 1. The van der Waals surface area contributed by atoms with Crippen molar-refractivity contribution in [2.75, 3.05) is 7.11 Å². The first kappa shape index (κ1) is 12.1. The van der Waals surface area contributed by atoms with Gasteiger partial charge in [-0.1, -0.05) is 13.8 Å². The van der Waals surface area contributed by atoms with E-state index in [9.17, 15) is 4.79 Å². The van der Waals surface area contributed by atoms with E-state index in [1.165, 1.54) is 7.11 Å². The van der Waals surface area contributed by atoms with Gasteiger partial charge in [0.05, 0.1) is 7.11 Å². The van der Waals surface area contributed by atoms with Crippen LogP contribution in [0.2, 0.25) is 0 Å². The molecule has 1 aliphatic carbocycles. The van der Waals surface area contributed by atoms with Gasteiger partial charge in [-0.2, -0.15) is 5.10 Å². The molecule has 0 saturated heterocycles. The van der Waals surface area contributed by atoms with Crippen molar-refractivity contribution in [1.29, 1.82) is 0 Å². The van der Waals surface area contributed by atoms with E-state index in [-0.39, 0.29) is 5.97 Å². The molecule has 0 radical (unpaired) electrons. The minimum Gasteiger partial charge on any atom is -0.468 e. The van der Waals surface area contributed by atoms with Crippen LogP contribution in [0, 0.1) is 5.92 Å². The van der Waals surface area contributed by atoms with Crippen LogP contribution >= 0.6 is 0 Å². The molecule has 0 aromatic carbocycles. The maximum Gasteiger partial charge on any atom is 0.319 e. The van der Waals surface area contributed by atoms with Crippen LogP contribution in [0.5, 0.6) is 0 Å². The van der Waals surface area contributed by atoms with Gasteiger partial charge in [-0.15, -0.1) is 0 Å². The molecule has 5 nitrogen and oxygen atoms in total. The third-order valence-electron chi connectivity index (χ3n) is 3.15. The number of carbonyl (C=O) groups excluding carboxylic acids is 1. The van der Waals surface area contributed by atoms with Crippen molar-refractivity contribution in [3.8, 4) is 0 Å². The van der Waals surface area contributed by atoms with Crippen molar-refractivity contribution in [2.45, 2.75) is 38.5 Å². The summed E-state index contributed by atoms with van der Waals surface area (Å²) < 4.78 is 6.58. The molecule has 1 heterocycles. The minimum atomic E-state index is -0.522. The average molecular weight is 237 g/mol. The summed E-state index contributed by atoms with van der Waals surface area (Å²) in [5.74, 6) is 1.88. The number of aryl methyl sites for hydroxylation is 1. The molecule has 5 heteroatoms. The third-order valence-corrected chi connectivity index (χ3v) is 3.15. The topological polar surface area (TPSA) is 57.0 Å². The molecule has 0 bridgehead atoms. The van der Waals surface area contributed by atoms with Gasteiger partial charge in [-0.3, -0.25) is 9.48 Å². The van der Waals surface area contributed by atoms with Crippen LogP contribution in [0.3, 0.4) is 0 Å². The summed E-state index contributed by atoms with van der Waals surface area (Å²) in [4.78, 5) is 16.3. The van der Waals surface area contributed by atoms with E-state index in [2.05, 4.69) is 23.9 Å². The lowest BCUT2D eigenvalue weighted by atomic mass is 10.1. The molecule has 0 aliphatic heterocycles. The minimum absolute atomic E-state index is 0.191. The molecule has 2 rings (SSSR count). The molecular weight excluding hydrogens is 218 g/mol. The van der Waals surface area contributed by atoms with E-state index in [4.69, 9.17) is 4.74 Å². The van der Waals surface area contributed by atoms with Gasteiger partial charge in [-0.25, -0.2) is 4.98 Å². The average Bonchev–Trinajstić information content (AvgIpc) is 2.98. The van der Waals surface area contributed by atoms with E-state index in [0.29, 0.717) is 5.92 Å². The highest BCUT2D eigenvalue weighted by Gasteiger charge is 2.56. The number of ether oxygens (including phenoxy) is 1. The van der Waals surface area contributed by atoms with Gasteiger partial charge in [-0.05, 0) is 18.8 Å². The summed E-state index contributed by atoms with van der Waals surface area (Å²) >= 11 is 0. The molecule has 1 fully saturated rings. The Kier molecular flexibility index (Phi) is 2.93. The highest BCUT2D eigenvalue weighted by molar-refractivity contribution is 5.85. The van der Waals surface area contributed by atoms with Crippen LogP contribution in [-0.4, -0.2) is 27.8 Å². The van der Waals surface area contributed by atoms with Crippen LogP contribution in [-0.2, 0) is 28.4 Å². The zero-order chi connectivity index (χ0) is 12.6. The van der Waals surface area contributed by atoms with Crippen molar-refractivity contribution in [3.63, 3.8) is 0 Å². The second-order valence-electron chi connectivity index (χ2n) is 5.15. The van der Waals surface area contributed by atoms with Gasteiger partial charge < -0.3 is 4.74 Å². The molecule has 17 heavy (non-hydrogen) atoms. The fraction of sp³-hybridized carbons (Fsp3) is 0.750. The zero-order valence-electron chi connectivity index (χ0n) is 10.9. The van der Waals surface area contributed by atoms with E-state index in [1.54, 1.807) is 4.68 Å². The Morgan fingerprint density at radius 1 is 1.53 bits per heavy atom. The van der Waals surface area contributed by atoms with Crippen molar-refractivity contribution in [3.05, 3.63) is 11.6 Å². The van der Waals surface area contributed by atoms with E-state index >= 15 is 0 Å². The predicted molar refractivity (Wildman–Crippen MR) is 62.5 cm³/mol. The van der Waals surface area contributed by atoms with Crippen LogP contribution in [0.15, 0.2) is 0 Å². The number of hydrogen-bond donors (Lipinski definition) is 0. The van der Waals surface area contributed by atoms with Gasteiger partial charge in [0.25, 0.3) is 0 Å². The van der Waals surface area contributed by atoms with Crippen molar-refractivity contribution < 1.29 is 9.53 Å². The van der Waals surface area contributed by atoms with Crippen molar-refractivity contribution in [2.24, 2.45) is 13.0 Å². The van der Waals surface area contributed by atoms with Gasteiger partial charge in [0.15, 0.2) is 5.82 Å². The SMILES string of the molecule is COC(=O)C1(c2nc(CC(C)C)nn2C)CC1. The second-order valence-corrected chi connectivity index (χ2v) is 5.15. The smallest absolute Gasteiger partial charge is 0.319 e. The lowest BCUT2D eigenvalue weighted by Crippen LogP contribution is -2.25. The molecule has 0 spiro atoms. The lowest BCUT2D eigenvalue weighted by Gasteiger charge is -2.10. The van der Waals surface area contributed by atoms with Crippen LogP contribution in [0.1, 0.15) is 38.3 Å². The first-order valence-corrected chi connectivity index (χ1v) is 5.98. The van der Waals surface area contributed by atoms with E-state index in [0.717, 1.165) is 30.9 Å². The second kappa shape index (κ2) is 4.13. The number of rotatable bonds is 4. The maximum atomic E-state index is 11.8. The predicted octanol–water partition coefficient (Wildman–Crippen LogP) is 1.22. The highest BCUT2D eigenvalue weighted by atomic mass is 16.5. The summed E-state index contributed by atoms with van der Waals surface area (Å²) in [7, 11) is 3.27. The first-order valence-electron chi connectivity index (χ1n) is 5.98. The van der Waals surface area contributed by atoms with Crippen molar-refractivity contribution >= 4 is 5.97 Å². The van der Waals surface area contributed by atoms with Crippen LogP contribution in [0.4, 0.5) is 0 Å².